The molecule has 4 heteroatoms. The highest BCUT2D eigenvalue weighted by molar-refractivity contribution is 4.97. The first-order valence-electron chi connectivity index (χ1n) is 4.83. The standard InChI is InChI=1S/C9H18N4/c1-4-5-8-11-12-9(6-10)13(8)7(2)3/h7H,4-6,10H2,1-3H3. The average molecular weight is 182 g/mol. The first kappa shape index (κ1) is 10.2. The molecule has 0 unspecified atom stereocenters. The Morgan fingerprint density at radius 2 is 1.92 bits per heavy atom. The number of aromatic nitrogens is 3. The van der Waals surface area contributed by atoms with E-state index >= 15 is 0 Å². The van der Waals surface area contributed by atoms with Gasteiger partial charge >= 0.3 is 0 Å². The van der Waals surface area contributed by atoms with E-state index in [4.69, 9.17) is 5.73 Å². The maximum absolute atomic E-state index is 5.57. The summed E-state index contributed by atoms with van der Waals surface area (Å²) < 4.78 is 2.13. The van der Waals surface area contributed by atoms with Crippen molar-refractivity contribution in [3.05, 3.63) is 11.6 Å². The van der Waals surface area contributed by atoms with E-state index in [1.165, 1.54) is 0 Å². The van der Waals surface area contributed by atoms with E-state index < -0.39 is 0 Å². The largest absolute Gasteiger partial charge is 0.324 e. The van der Waals surface area contributed by atoms with Gasteiger partial charge in [-0.3, -0.25) is 0 Å². The molecular formula is C9H18N4. The van der Waals surface area contributed by atoms with E-state index in [2.05, 4.69) is 35.5 Å². The third kappa shape index (κ3) is 2.06. The van der Waals surface area contributed by atoms with E-state index in [0.29, 0.717) is 12.6 Å². The number of nitrogens with zero attached hydrogens (tertiary/aromatic N) is 3. The molecule has 0 aliphatic rings. The van der Waals surface area contributed by atoms with Crippen molar-refractivity contribution in [3.8, 4) is 0 Å². The van der Waals surface area contributed by atoms with Crippen LogP contribution >= 0.6 is 0 Å². The second kappa shape index (κ2) is 4.37. The predicted octanol–water partition coefficient (Wildman–Crippen LogP) is 1.27. The summed E-state index contributed by atoms with van der Waals surface area (Å²) in [5.41, 5.74) is 5.57. The Bertz CT molecular complexity index is 265. The van der Waals surface area contributed by atoms with Gasteiger partial charge in [-0.25, -0.2) is 0 Å². The molecule has 0 aromatic carbocycles. The lowest BCUT2D eigenvalue weighted by Crippen LogP contribution is -2.13. The topological polar surface area (TPSA) is 56.7 Å². The van der Waals surface area contributed by atoms with Gasteiger partial charge in [-0.15, -0.1) is 10.2 Å². The molecule has 2 N–H and O–H groups in total. The second-order valence-electron chi connectivity index (χ2n) is 3.45. The molecule has 1 rings (SSSR count). The summed E-state index contributed by atoms with van der Waals surface area (Å²) in [5, 5.41) is 8.19. The van der Waals surface area contributed by atoms with Gasteiger partial charge in [0, 0.05) is 12.5 Å². The molecule has 0 aliphatic carbocycles. The van der Waals surface area contributed by atoms with E-state index in [9.17, 15) is 0 Å². The number of hydrogen-bond acceptors (Lipinski definition) is 3. The lowest BCUT2D eigenvalue weighted by molar-refractivity contribution is 0.540. The maximum Gasteiger partial charge on any atom is 0.147 e. The van der Waals surface area contributed by atoms with Gasteiger partial charge in [0.1, 0.15) is 11.6 Å². The Hall–Kier alpha value is -0.900. The second-order valence-corrected chi connectivity index (χ2v) is 3.45. The van der Waals surface area contributed by atoms with Crippen molar-refractivity contribution < 1.29 is 0 Å². The molecular weight excluding hydrogens is 164 g/mol. The SMILES string of the molecule is CCCc1nnc(CN)n1C(C)C. The van der Waals surface area contributed by atoms with Crippen LogP contribution in [0.3, 0.4) is 0 Å². The van der Waals surface area contributed by atoms with E-state index in [0.717, 1.165) is 24.5 Å². The summed E-state index contributed by atoms with van der Waals surface area (Å²) >= 11 is 0. The van der Waals surface area contributed by atoms with Crippen LogP contribution < -0.4 is 5.73 Å². The quantitative estimate of drug-likeness (QED) is 0.763. The van der Waals surface area contributed by atoms with Crippen LogP contribution in [0.1, 0.15) is 44.9 Å². The lowest BCUT2D eigenvalue weighted by atomic mass is 10.3. The minimum Gasteiger partial charge on any atom is -0.324 e. The summed E-state index contributed by atoms with van der Waals surface area (Å²) in [6.45, 7) is 6.86. The molecule has 1 aromatic rings. The van der Waals surface area contributed by atoms with Crippen LogP contribution in [0, 0.1) is 0 Å². The van der Waals surface area contributed by atoms with Crippen molar-refractivity contribution in [1.29, 1.82) is 0 Å². The summed E-state index contributed by atoms with van der Waals surface area (Å²) in [6.07, 6.45) is 2.07. The minimum absolute atomic E-state index is 0.398. The van der Waals surface area contributed by atoms with Crippen LogP contribution in [0.2, 0.25) is 0 Å². The minimum atomic E-state index is 0.398. The van der Waals surface area contributed by atoms with Crippen molar-refractivity contribution in [2.24, 2.45) is 5.73 Å². The fraction of sp³-hybridized carbons (Fsp3) is 0.778. The van der Waals surface area contributed by atoms with Crippen molar-refractivity contribution >= 4 is 0 Å². The van der Waals surface area contributed by atoms with Gasteiger partial charge in [-0.2, -0.15) is 0 Å². The molecule has 74 valence electrons. The highest BCUT2D eigenvalue weighted by Crippen LogP contribution is 2.12. The molecule has 13 heavy (non-hydrogen) atoms. The van der Waals surface area contributed by atoms with Crippen molar-refractivity contribution in [3.63, 3.8) is 0 Å². The van der Waals surface area contributed by atoms with Gasteiger partial charge in [0.2, 0.25) is 0 Å². The molecule has 0 bridgehead atoms. The number of nitrogens with two attached hydrogens (primary N) is 1. The lowest BCUT2D eigenvalue weighted by Gasteiger charge is -2.12. The molecule has 0 fully saturated rings. The van der Waals surface area contributed by atoms with Crippen LogP contribution in [0.15, 0.2) is 0 Å². The zero-order valence-electron chi connectivity index (χ0n) is 8.62. The molecule has 0 radical (unpaired) electrons. The third-order valence-corrected chi connectivity index (χ3v) is 2.01. The zero-order valence-corrected chi connectivity index (χ0v) is 8.62. The van der Waals surface area contributed by atoms with Gasteiger partial charge < -0.3 is 10.3 Å². The third-order valence-electron chi connectivity index (χ3n) is 2.01. The molecule has 0 atom stereocenters. The Labute approximate surface area is 79.2 Å². The number of hydrogen-bond donors (Lipinski definition) is 1. The van der Waals surface area contributed by atoms with Gasteiger partial charge in [-0.05, 0) is 20.3 Å². The van der Waals surface area contributed by atoms with Crippen molar-refractivity contribution in [2.75, 3.05) is 0 Å². The maximum atomic E-state index is 5.57. The van der Waals surface area contributed by atoms with Gasteiger partial charge in [0.15, 0.2) is 0 Å². The summed E-state index contributed by atoms with van der Waals surface area (Å²) in [5.74, 6) is 1.94. The van der Waals surface area contributed by atoms with Crippen molar-refractivity contribution in [1.82, 2.24) is 14.8 Å². The number of rotatable bonds is 4. The molecule has 1 heterocycles. The Morgan fingerprint density at radius 3 is 2.38 bits per heavy atom. The smallest absolute Gasteiger partial charge is 0.147 e. The van der Waals surface area contributed by atoms with Crippen LogP contribution in [0.5, 0.6) is 0 Å². The fourth-order valence-electron chi connectivity index (χ4n) is 1.49. The van der Waals surface area contributed by atoms with Gasteiger partial charge in [0.05, 0.1) is 6.54 Å². The number of aryl methyl sites for hydroxylation is 1. The van der Waals surface area contributed by atoms with E-state index in [1.54, 1.807) is 0 Å². The Morgan fingerprint density at radius 1 is 1.31 bits per heavy atom. The highest BCUT2D eigenvalue weighted by Gasteiger charge is 2.11. The van der Waals surface area contributed by atoms with Crippen LogP contribution in [-0.2, 0) is 13.0 Å². The molecule has 0 saturated heterocycles. The van der Waals surface area contributed by atoms with Gasteiger partial charge in [0.25, 0.3) is 0 Å². The monoisotopic (exact) mass is 182 g/mol. The Balaban J connectivity index is 2.99. The molecule has 0 amide bonds. The van der Waals surface area contributed by atoms with Crippen molar-refractivity contribution in [2.45, 2.75) is 46.2 Å². The predicted molar refractivity (Wildman–Crippen MR) is 52.3 cm³/mol. The first-order valence-corrected chi connectivity index (χ1v) is 4.83. The van der Waals surface area contributed by atoms with E-state index in [1.807, 2.05) is 0 Å². The highest BCUT2D eigenvalue weighted by atomic mass is 15.3. The average Bonchev–Trinajstić information content (AvgIpc) is 2.48. The Kier molecular flexibility index (Phi) is 3.42. The molecule has 1 aromatic heterocycles. The molecule has 4 nitrogen and oxygen atoms in total. The van der Waals surface area contributed by atoms with Crippen LogP contribution in [-0.4, -0.2) is 14.8 Å². The summed E-state index contributed by atoms with van der Waals surface area (Å²) in [6, 6.07) is 0.398. The fourth-order valence-corrected chi connectivity index (χ4v) is 1.49. The van der Waals surface area contributed by atoms with Crippen LogP contribution in [0.25, 0.3) is 0 Å². The molecule has 0 saturated carbocycles. The van der Waals surface area contributed by atoms with Gasteiger partial charge in [-0.1, -0.05) is 6.92 Å². The zero-order chi connectivity index (χ0) is 9.84. The van der Waals surface area contributed by atoms with E-state index in [-0.39, 0.29) is 0 Å². The molecule has 0 spiro atoms. The first-order chi connectivity index (χ1) is 6.20. The summed E-state index contributed by atoms with van der Waals surface area (Å²) in [4.78, 5) is 0. The molecule has 0 aliphatic heterocycles. The normalized spacial score (nSPS) is 11.2. The summed E-state index contributed by atoms with van der Waals surface area (Å²) in [7, 11) is 0. The van der Waals surface area contributed by atoms with Crippen LogP contribution in [0.4, 0.5) is 0 Å².